The molecule has 2 aliphatic rings. The molecular weight excluding hydrogens is 393 g/mol. The summed E-state index contributed by atoms with van der Waals surface area (Å²) in [6.07, 6.45) is 6.08. The summed E-state index contributed by atoms with van der Waals surface area (Å²) in [7, 11) is 0. The van der Waals surface area contributed by atoms with Crippen molar-refractivity contribution in [1.29, 1.82) is 0 Å². The Labute approximate surface area is 160 Å². The second kappa shape index (κ2) is 10.7. The molecular formula is C18H32CdO4. The summed E-state index contributed by atoms with van der Waals surface area (Å²) in [6.45, 7) is 8.51. The SMILES string of the molecule is CC1CCC(C(=O)O)C(C)C1.CC1CCC(C(=O)O)C(C)C1.[Cd]. The van der Waals surface area contributed by atoms with Crippen LogP contribution in [0.5, 0.6) is 0 Å². The van der Waals surface area contributed by atoms with Crippen LogP contribution >= 0.6 is 0 Å². The molecule has 6 atom stereocenters. The van der Waals surface area contributed by atoms with Crippen LogP contribution in [0.2, 0.25) is 0 Å². The first-order valence-electron chi connectivity index (χ1n) is 8.67. The third-order valence-electron chi connectivity index (χ3n) is 5.50. The average Bonchev–Trinajstić information content (AvgIpc) is 2.38. The van der Waals surface area contributed by atoms with Gasteiger partial charge < -0.3 is 10.2 Å². The van der Waals surface area contributed by atoms with E-state index in [0.717, 1.165) is 50.4 Å². The van der Waals surface area contributed by atoms with E-state index in [2.05, 4.69) is 27.7 Å². The fraction of sp³-hybridized carbons (Fsp3) is 0.889. The second-order valence-electron chi connectivity index (χ2n) is 7.68. The zero-order valence-corrected chi connectivity index (χ0v) is 19.2. The van der Waals surface area contributed by atoms with Crippen molar-refractivity contribution >= 4 is 11.9 Å². The smallest absolute Gasteiger partial charge is 0.306 e. The zero-order valence-electron chi connectivity index (χ0n) is 15.1. The Bertz CT molecular complexity index is 349. The fourth-order valence-corrected chi connectivity index (χ4v) is 4.06. The first-order valence-corrected chi connectivity index (χ1v) is 8.67. The molecule has 130 valence electrons. The number of carbonyl (C=O) groups is 2. The van der Waals surface area contributed by atoms with Crippen LogP contribution in [0.15, 0.2) is 0 Å². The predicted octanol–water partition coefficient (Wildman–Crippen LogP) is 4.28. The van der Waals surface area contributed by atoms with Gasteiger partial charge in [-0.2, -0.15) is 0 Å². The molecule has 2 aliphatic carbocycles. The van der Waals surface area contributed by atoms with Crippen LogP contribution in [-0.2, 0) is 36.9 Å². The molecule has 0 aromatic carbocycles. The molecule has 0 aromatic heterocycles. The van der Waals surface area contributed by atoms with E-state index < -0.39 is 11.9 Å². The van der Waals surface area contributed by atoms with Gasteiger partial charge in [0.2, 0.25) is 0 Å². The van der Waals surface area contributed by atoms with Crippen LogP contribution in [0.4, 0.5) is 0 Å². The molecule has 2 saturated carbocycles. The summed E-state index contributed by atoms with van der Waals surface area (Å²) in [5, 5.41) is 17.6. The molecule has 6 unspecified atom stereocenters. The van der Waals surface area contributed by atoms with Crippen LogP contribution in [0, 0.1) is 35.5 Å². The summed E-state index contributed by atoms with van der Waals surface area (Å²) in [4.78, 5) is 21.3. The molecule has 0 bridgehead atoms. The van der Waals surface area contributed by atoms with Gasteiger partial charge in [0.15, 0.2) is 0 Å². The van der Waals surface area contributed by atoms with E-state index in [1.807, 2.05) is 0 Å². The van der Waals surface area contributed by atoms with Gasteiger partial charge in [0.1, 0.15) is 0 Å². The fourth-order valence-electron chi connectivity index (χ4n) is 4.06. The standard InChI is InChI=1S/2C9H16O2.Cd/c2*1-6-3-4-8(9(10)11)7(2)5-6;/h2*6-8H,3-5H2,1-2H3,(H,10,11);. The maximum atomic E-state index is 10.7. The van der Waals surface area contributed by atoms with Crippen LogP contribution in [0.3, 0.4) is 0 Å². The van der Waals surface area contributed by atoms with Gasteiger partial charge in [0, 0.05) is 27.3 Å². The maximum absolute atomic E-state index is 10.7. The molecule has 0 amide bonds. The predicted molar refractivity (Wildman–Crippen MR) is 86.6 cm³/mol. The van der Waals surface area contributed by atoms with Crippen LogP contribution in [-0.4, -0.2) is 22.2 Å². The maximum Gasteiger partial charge on any atom is 0.306 e. The number of rotatable bonds is 2. The number of carboxylic acids is 2. The van der Waals surface area contributed by atoms with Gasteiger partial charge in [-0.25, -0.2) is 0 Å². The molecule has 0 aliphatic heterocycles. The Morgan fingerprint density at radius 2 is 1.00 bits per heavy atom. The van der Waals surface area contributed by atoms with Crippen molar-refractivity contribution < 1.29 is 47.1 Å². The Morgan fingerprint density at radius 3 is 1.22 bits per heavy atom. The van der Waals surface area contributed by atoms with Crippen molar-refractivity contribution in [2.75, 3.05) is 0 Å². The minimum atomic E-state index is -0.607. The van der Waals surface area contributed by atoms with E-state index in [1.165, 1.54) is 0 Å². The van der Waals surface area contributed by atoms with Crippen LogP contribution < -0.4 is 0 Å². The van der Waals surface area contributed by atoms with Gasteiger partial charge in [0.25, 0.3) is 0 Å². The van der Waals surface area contributed by atoms with Crippen molar-refractivity contribution in [2.45, 2.75) is 66.2 Å². The molecule has 0 aromatic rings. The van der Waals surface area contributed by atoms with Crippen molar-refractivity contribution in [2.24, 2.45) is 35.5 Å². The normalized spacial score (nSPS) is 36.9. The molecule has 23 heavy (non-hydrogen) atoms. The third kappa shape index (κ3) is 7.52. The molecule has 2 fully saturated rings. The molecule has 2 N–H and O–H groups in total. The number of carboxylic acid groups (broad SMARTS) is 2. The molecule has 2 rings (SSSR count). The molecule has 0 spiro atoms. The van der Waals surface area contributed by atoms with Gasteiger partial charge in [-0.05, 0) is 62.2 Å². The van der Waals surface area contributed by atoms with Crippen LogP contribution in [0.1, 0.15) is 66.2 Å². The number of hydrogen-bond acceptors (Lipinski definition) is 2. The van der Waals surface area contributed by atoms with E-state index in [-0.39, 0.29) is 39.1 Å². The average molecular weight is 425 g/mol. The second-order valence-corrected chi connectivity index (χ2v) is 7.68. The Kier molecular flexibility index (Phi) is 10.6. The topological polar surface area (TPSA) is 74.6 Å². The minimum absolute atomic E-state index is 0. The summed E-state index contributed by atoms with van der Waals surface area (Å²) >= 11 is 0. The largest absolute Gasteiger partial charge is 0.481 e. The van der Waals surface area contributed by atoms with E-state index in [4.69, 9.17) is 10.2 Å². The van der Waals surface area contributed by atoms with Crippen molar-refractivity contribution in [3.63, 3.8) is 0 Å². The van der Waals surface area contributed by atoms with E-state index in [9.17, 15) is 9.59 Å². The zero-order chi connectivity index (χ0) is 16.9. The Balaban J connectivity index is 0.000000403. The summed E-state index contributed by atoms with van der Waals surface area (Å²) < 4.78 is 0. The first-order chi connectivity index (χ1) is 10.2. The van der Waals surface area contributed by atoms with Crippen LogP contribution in [0.25, 0.3) is 0 Å². The summed E-state index contributed by atoms with van der Waals surface area (Å²) in [5.41, 5.74) is 0. The van der Waals surface area contributed by atoms with Gasteiger partial charge in [-0.1, -0.05) is 27.7 Å². The third-order valence-corrected chi connectivity index (χ3v) is 5.50. The van der Waals surface area contributed by atoms with Crippen molar-refractivity contribution in [3.05, 3.63) is 0 Å². The van der Waals surface area contributed by atoms with Gasteiger partial charge in [0.05, 0.1) is 11.8 Å². The van der Waals surface area contributed by atoms with E-state index >= 15 is 0 Å². The van der Waals surface area contributed by atoms with Gasteiger partial charge in [-0.3, -0.25) is 9.59 Å². The number of aliphatic carboxylic acids is 2. The van der Waals surface area contributed by atoms with Gasteiger partial charge >= 0.3 is 11.9 Å². The molecule has 0 heterocycles. The van der Waals surface area contributed by atoms with E-state index in [0.29, 0.717) is 11.8 Å². The molecule has 0 saturated heterocycles. The molecule has 5 heteroatoms. The molecule has 4 nitrogen and oxygen atoms in total. The first kappa shape index (κ1) is 22.9. The quantitative estimate of drug-likeness (QED) is 0.649. The number of hydrogen-bond donors (Lipinski definition) is 2. The summed E-state index contributed by atoms with van der Waals surface area (Å²) in [5.74, 6) is 0.819. The summed E-state index contributed by atoms with van der Waals surface area (Å²) in [6, 6.07) is 0. The molecule has 0 radical (unpaired) electrons. The van der Waals surface area contributed by atoms with E-state index in [1.54, 1.807) is 0 Å². The van der Waals surface area contributed by atoms with Crippen molar-refractivity contribution in [1.82, 2.24) is 0 Å². The Hall–Kier alpha value is -0.138. The Morgan fingerprint density at radius 1 is 0.696 bits per heavy atom. The minimum Gasteiger partial charge on any atom is -0.481 e. The van der Waals surface area contributed by atoms with Crippen molar-refractivity contribution in [3.8, 4) is 0 Å². The monoisotopic (exact) mass is 426 g/mol. The van der Waals surface area contributed by atoms with Gasteiger partial charge in [-0.15, -0.1) is 0 Å².